The average Bonchev–Trinajstić information content (AvgIpc) is 2.49. The van der Waals surface area contributed by atoms with Crippen LogP contribution in [0.4, 0.5) is 5.69 Å². The maximum Gasteiger partial charge on any atom is 0.224 e. The number of carbonyl (C=O) groups excluding carboxylic acids is 1. The second-order valence-corrected chi connectivity index (χ2v) is 5.63. The third-order valence-electron chi connectivity index (χ3n) is 3.67. The second-order valence-electron chi connectivity index (χ2n) is 5.63. The highest BCUT2D eigenvalue weighted by Gasteiger charge is 2.08. The summed E-state index contributed by atoms with van der Waals surface area (Å²) >= 11 is 0. The molecule has 2 aromatic carbocycles. The SMILES string of the molecule is Cc1cc(C)c(NC(=O)CCc2ccc(C#N)cc2)c(C)c1. The van der Waals surface area contributed by atoms with Crippen molar-refractivity contribution in [2.24, 2.45) is 0 Å². The van der Waals surface area contributed by atoms with E-state index in [1.54, 1.807) is 12.1 Å². The van der Waals surface area contributed by atoms with Gasteiger partial charge < -0.3 is 5.32 Å². The molecule has 0 atom stereocenters. The number of benzene rings is 2. The van der Waals surface area contributed by atoms with E-state index in [1.807, 2.05) is 26.0 Å². The van der Waals surface area contributed by atoms with Crippen LogP contribution in [-0.4, -0.2) is 5.91 Å². The molecule has 1 amide bonds. The molecule has 3 nitrogen and oxygen atoms in total. The predicted octanol–water partition coefficient (Wildman–Crippen LogP) is 4.05. The molecule has 0 bridgehead atoms. The summed E-state index contributed by atoms with van der Waals surface area (Å²) in [7, 11) is 0. The van der Waals surface area contributed by atoms with Crippen molar-refractivity contribution in [1.82, 2.24) is 0 Å². The highest BCUT2D eigenvalue weighted by molar-refractivity contribution is 5.92. The molecule has 2 rings (SSSR count). The standard InChI is InChI=1S/C19H20N2O/c1-13-10-14(2)19(15(3)11-13)21-18(22)9-8-16-4-6-17(12-20)7-5-16/h4-7,10-11H,8-9H2,1-3H3,(H,21,22). The summed E-state index contributed by atoms with van der Waals surface area (Å²) in [6, 6.07) is 13.6. The molecule has 2 aromatic rings. The molecule has 22 heavy (non-hydrogen) atoms. The Morgan fingerprint density at radius 1 is 1.09 bits per heavy atom. The fraction of sp³-hybridized carbons (Fsp3) is 0.263. The summed E-state index contributed by atoms with van der Waals surface area (Å²) in [4.78, 5) is 12.1. The summed E-state index contributed by atoms with van der Waals surface area (Å²) in [6.07, 6.45) is 1.10. The molecule has 0 saturated heterocycles. The molecular weight excluding hydrogens is 272 g/mol. The quantitative estimate of drug-likeness (QED) is 0.924. The average molecular weight is 292 g/mol. The van der Waals surface area contributed by atoms with E-state index in [4.69, 9.17) is 5.26 Å². The largest absolute Gasteiger partial charge is 0.326 e. The van der Waals surface area contributed by atoms with Crippen LogP contribution in [0, 0.1) is 32.1 Å². The number of hydrogen-bond acceptors (Lipinski definition) is 2. The number of hydrogen-bond donors (Lipinski definition) is 1. The van der Waals surface area contributed by atoms with E-state index < -0.39 is 0 Å². The second kappa shape index (κ2) is 6.91. The first-order chi connectivity index (χ1) is 10.5. The number of amides is 1. The van der Waals surface area contributed by atoms with E-state index in [-0.39, 0.29) is 5.91 Å². The lowest BCUT2D eigenvalue weighted by Gasteiger charge is -2.13. The minimum Gasteiger partial charge on any atom is -0.326 e. The van der Waals surface area contributed by atoms with Crippen molar-refractivity contribution in [2.75, 3.05) is 5.32 Å². The van der Waals surface area contributed by atoms with Crippen LogP contribution in [0.15, 0.2) is 36.4 Å². The smallest absolute Gasteiger partial charge is 0.224 e. The number of anilines is 1. The molecule has 0 fully saturated rings. The van der Waals surface area contributed by atoms with Gasteiger partial charge in [-0.3, -0.25) is 4.79 Å². The van der Waals surface area contributed by atoms with Crippen molar-refractivity contribution in [2.45, 2.75) is 33.6 Å². The van der Waals surface area contributed by atoms with Gasteiger partial charge in [0.25, 0.3) is 0 Å². The van der Waals surface area contributed by atoms with Crippen LogP contribution in [-0.2, 0) is 11.2 Å². The van der Waals surface area contributed by atoms with E-state index in [0.717, 1.165) is 22.4 Å². The zero-order valence-corrected chi connectivity index (χ0v) is 13.2. The Morgan fingerprint density at radius 2 is 1.68 bits per heavy atom. The normalized spacial score (nSPS) is 10.1. The van der Waals surface area contributed by atoms with E-state index in [2.05, 4.69) is 30.4 Å². The minimum atomic E-state index is 0.0133. The molecule has 0 radical (unpaired) electrons. The third kappa shape index (κ3) is 3.95. The third-order valence-corrected chi connectivity index (χ3v) is 3.67. The molecule has 0 heterocycles. The van der Waals surface area contributed by atoms with Crippen LogP contribution in [0.25, 0.3) is 0 Å². The lowest BCUT2D eigenvalue weighted by Crippen LogP contribution is -2.14. The van der Waals surface area contributed by atoms with E-state index in [0.29, 0.717) is 18.4 Å². The van der Waals surface area contributed by atoms with Crippen molar-refractivity contribution < 1.29 is 4.79 Å². The van der Waals surface area contributed by atoms with Crippen LogP contribution in [0.2, 0.25) is 0 Å². The first-order valence-electron chi connectivity index (χ1n) is 7.36. The summed E-state index contributed by atoms with van der Waals surface area (Å²) in [5.41, 5.74) is 5.99. The van der Waals surface area contributed by atoms with Gasteiger partial charge in [0.2, 0.25) is 5.91 Å². The first kappa shape index (κ1) is 15.8. The fourth-order valence-corrected chi connectivity index (χ4v) is 2.58. The fourth-order valence-electron chi connectivity index (χ4n) is 2.58. The Bertz CT molecular complexity index is 701. The molecule has 0 aliphatic carbocycles. The molecule has 3 heteroatoms. The van der Waals surface area contributed by atoms with Gasteiger partial charge >= 0.3 is 0 Å². The van der Waals surface area contributed by atoms with Gasteiger partial charge in [0.1, 0.15) is 0 Å². The zero-order valence-electron chi connectivity index (χ0n) is 13.2. The Hall–Kier alpha value is -2.60. The lowest BCUT2D eigenvalue weighted by atomic mass is 10.0. The molecule has 0 aromatic heterocycles. The summed E-state index contributed by atoms with van der Waals surface area (Å²) < 4.78 is 0. The number of nitrogens with zero attached hydrogens (tertiary/aromatic N) is 1. The molecule has 0 aliphatic heterocycles. The number of nitrogens with one attached hydrogen (secondary N) is 1. The zero-order chi connectivity index (χ0) is 16.1. The van der Waals surface area contributed by atoms with Crippen LogP contribution in [0.1, 0.15) is 34.2 Å². The Kier molecular flexibility index (Phi) is 4.95. The molecule has 1 N–H and O–H groups in total. The van der Waals surface area contributed by atoms with E-state index in [1.165, 1.54) is 5.56 Å². The number of rotatable bonds is 4. The maximum absolute atomic E-state index is 12.1. The molecule has 0 saturated carbocycles. The maximum atomic E-state index is 12.1. The van der Waals surface area contributed by atoms with Crippen molar-refractivity contribution in [3.63, 3.8) is 0 Å². The van der Waals surface area contributed by atoms with Gasteiger partial charge in [0.05, 0.1) is 11.6 Å². The lowest BCUT2D eigenvalue weighted by molar-refractivity contribution is -0.116. The molecular formula is C19H20N2O. The minimum absolute atomic E-state index is 0.0133. The van der Waals surface area contributed by atoms with E-state index >= 15 is 0 Å². The van der Waals surface area contributed by atoms with Gasteiger partial charge in [-0.2, -0.15) is 5.26 Å². The van der Waals surface area contributed by atoms with Crippen LogP contribution in [0.5, 0.6) is 0 Å². The summed E-state index contributed by atoms with van der Waals surface area (Å²) in [5.74, 6) is 0.0133. The van der Waals surface area contributed by atoms with E-state index in [9.17, 15) is 4.79 Å². The molecule has 0 aliphatic rings. The number of aryl methyl sites for hydroxylation is 4. The summed E-state index contributed by atoms with van der Waals surface area (Å²) in [5, 5.41) is 11.8. The van der Waals surface area contributed by atoms with Crippen molar-refractivity contribution in [1.29, 1.82) is 5.26 Å². The van der Waals surface area contributed by atoms with Gasteiger partial charge in [-0.05, 0) is 56.0 Å². The van der Waals surface area contributed by atoms with Crippen LogP contribution >= 0.6 is 0 Å². The van der Waals surface area contributed by atoms with Gasteiger partial charge in [-0.1, -0.05) is 29.8 Å². The highest BCUT2D eigenvalue weighted by atomic mass is 16.1. The first-order valence-corrected chi connectivity index (χ1v) is 7.36. The highest BCUT2D eigenvalue weighted by Crippen LogP contribution is 2.22. The monoisotopic (exact) mass is 292 g/mol. The molecule has 0 spiro atoms. The topological polar surface area (TPSA) is 52.9 Å². The molecule has 112 valence electrons. The van der Waals surface area contributed by atoms with Crippen molar-refractivity contribution in [3.8, 4) is 6.07 Å². The Labute approximate surface area is 131 Å². The van der Waals surface area contributed by atoms with Gasteiger partial charge in [-0.15, -0.1) is 0 Å². The summed E-state index contributed by atoms with van der Waals surface area (Å²) in [6.45, 7) is 6.07. The molecule has 0 unspecified atom stereocenters. The number of nitriles is 1. The predicted molar refractivity (Wildman–Crippen MR) is 88.8 cm³/mol. The number of carbonyl (C=O) groups is 1. The van der Waals surface area contributed by atoms with Gasteiger partial charge in [0, 0.05) is 12.1 Å². The van der Waals surface area contributed by atoms with Crippen molar-refractivity contribution in [3.05, 3.63) is 64.2 Å². The van der Waals surface area contributed by atoms with Gasteiger partial charge in [-0.25, -0.2) is 0 Å². The van der Waals surface area contributed by atoms with Gasteiger partial charge in [0.15, 0.2) is 0 Å². The Morgan fingerprint density at radius 3 is 2.23 bits per heavy atom. The van der Waals surface area contributed by atoms with Crippen molar-refractivity contribution >= 4 is 11.6 Å². The van der Waals surface area contributed by atoms with Crippen LogP contribution in [0.3, 0.4) is 0 Å². The Balaban J connectivity index is 1.97. The van der Waals surface area contributed by atoms with Crippen LogP contribution < -0.4 is 5.32 Å².